The predicted molar refractivity (Wildman–Crippen MR) is 44.7 cm³/mol. The average molecular weight is 167 g/mol. The topological polar surface area (TPSA) is 80.7 Å². The van der Waals surface area contributed by atoms with Gasteiger partial charge in [-0.05, 0) is 12.1 Å². The van der Waals surface area contributed by atoms with Gasteiger partial charge in [-0.25, -0.2) is 4.98 Å². The van der Waals surface area contributed by atoms with Crippen LogP contribution in [-0.2, 0) is 11.4 Å². The van der Waals surface area contributed by atoms with Crippen LogP contribution < -0.4 is 5.73 Å². The highest BCUT2D eigenvalue weighted by Crippen LogP contribution is 2.16. The summed E-state index contributed by atoms with van der Waals surface area (Å²) in [6, 6.07) is 3.04. The van der Waals surface area contributed by atoms with Crippen molar-refractivity contribution in [3.63, 3.8) is 0 Å². The summed E-state index contributed by atoms with van der Waals surface area (Å²) in [6.45, 7) is 3.34. The number of hydrogen-bond acceptors (Lipinski definition) is 5. The number of hydrogen-bond donors (Lipinski definition) is 2. The predicted octanol–water partition coefficient (Wildman–Crippen LogP) is 0.502. The minimum absolute atomic E-state index is 0.0367. The highest BCUT2D eigenvalue weighted by atomic mass is 16.6. The Morgan fingerprint density at radius 2 is 2.42 bits per heavy atom. The zero-order valence-corrected chi connectivity index (χ0v) is 6.40. The van der Waals surface area contributed by atoms with E-state index in [1.54, 1.807) is 6.07 Å². The van der Waals surface area contributed by atoms with E-state index in [9.17, 15) is 0 Å². The van der Waals surface area contributed by atoms with Crippen molar-refractivity contribution in [1.82, 2.24) is 4.98 Å². The van der Waals surface area contributed by atoms with E-state index in [1.807, 2.05) is 0 Å². The number of anilines is 1. The number of rotatable bonds is 3. The van der Waals surface area contributed by atoms with E-state index in [2.05, 4.69) is 21.7 Å². The molecule has 0 atom stereocenters. The Balaban J connectivity index is 2.75. The van der Waals surface area contributed by atoms with Gasteiger partial charge in [0, 0.05) is 6.72 Å². The Morgan fingerprint density at radius 3 is 3.00 bits per heavy atom. The molecule has 0 saturated carbocycles. The van der Waals surface area contributed by atoms with Crippen molar-refractivity contribution in [3.8, 4) is 5.75 Å². The maximum Gasteiger partial charge on any atom is 0.166 e. The first-order valence-corrected chi connectivity index (χ1v) is 3.26. The molecule has 12 heavy (non-hydrogen) atoms. The highest BCUT2D eigenvalue weighted by molar-refractivity contribution is 5.44. The third-order valence-electron chi connectivity index (χ3n) is 1.26. The fourth-order valence-corrected chi connectivity index (χ4v) is 0.702. The van der Waals surface area contributed by atoms with E-state index in [0.29, 0.717) is 5.69 Å². The lowest BCUT2D eigenvalue weighted by Crippen LogP contribution is -1.96. The van der Waals surface area contributed by atoms with Gasteiger partial charge in [0.15, 0.2) is 18.2 Å². The summed E-state index contributed by atoms with van der Waals surface area (Å²) in [5.41, 5.74) is 5.92. The SMILES string of the molecule is C=NOCc1ccc(O)c(N)n1. The van der Waals surface area contributed by atoms with Crippen LogP contribution in [0, 0.1) is 0 Å². The van der Waals surface area contributed by atoms with E-state index in [0.717, 1.165) is 0 Å². The molecule has 0 spiro atoms. The second-order valence-electron chi connectivity index (χ2n) is 2.11. The fourth-order valence-electron chi connectivity index (χ4n) is 0.702. The molecule has 5 heteroatoms. The van der Waals surface area contributed by atoms with Gasteiger partial charge in [-0.3, -0.25) is 0 Å². The quantitative estimate of drug-likeness (QED) is 0.507. The Labute approximate surface area is 69.5 Å². The fraction of sp³-hybridized carbons (Fsp3) is 0.143. The van der Waals surface area contributed by atoms with Crippen LogP contribution in [-0.4, -0.2) is 16.8 Å². The molecule has 5 nitrogen and oxygen atoms in total. The summed E-state index contributed by atoms with van der Waals surface area (Å²) in [7, 11) is 0. The van der Waals surface area contributed by atoms with Gasteiger partial charge in [0.1, 0.15) is 0 Å². The summed E-state index contributed by atoms with van der Waals surface area (Å²) in [4.78, 5) is 8.45. The molecule has 0 aliphatic carbocycles. The molecule has 0 radical (unpaired) electrons. The molecule has 0 aromatic carbocycles. The first-order valence-electron chi connectivity index (χ1n) is 3.26. The number of nitrogens with two attached hydrogens (primary N) is 1. The van der Waals surface area contributed by atoms with Crippen molar-refractivity contribution in [3.05, 3.63) is 17.8 Å². The number of pyridine rings is 1. The van der Waals surface area contributed by atoms with Crippen LogP contribution in [0.4, 0.5) is 5.82 Å². The van der Waals surface area contributed by atoms with E-state index >= 15 is 0 Å². The van der Waals surface area contributed by atoms with Gasteiger partial charge in [0.05, 0.1) is 5.69 Å². The Bertz CT molecular complexity index is 288. The van der Waals surface area contributed by atoms with Crippen LogP contribution in [0.15, 0.2) is 17.3 Å². The first-order chi connectivity index (χ1) is 5.74. The molecule has 0 bridgehead atoms. The number of aromatic nitrogens is 1. The zero-order chi connectivity index (χ0) is 8.97. The molecular weight excluding hydrogens is 158 g/mol. The lowest BCUT2D eigenvalue weighted by molar-refractivity contribution is 0.130. The summed E-state index contributed by atoms with van der Waals surface area (Å²) in [5.74, 6) is 0.0467. The molecular formula is C7H9N3O2. The number of oxime groups is 1. The van der Waals surface area contributed by atoms with E-state index in [-0.39, 0.29) is 18.2 Å². The first kappa shape index (κ1) is 8.32. The third-order valence-corrected chi connectivity index (χ3v) is 1.26. The minimum atomic E-state index is -0.0367. The van der Waals surface area contributed by atoms with Crippen LogP contribution in [0.25, 0.3) is 0 Å². The van der Waals surface area contributed by atoms with Crippen LogP contribution in [0.5, 0.6) is 5.75 Å². The monoisotopic (exact) mass is 167 g/mol. The number of nitrogen functional groups attached to an aromatic ring is 1. The van der Waals surface area contributed by atoms with Gasteiger partial charge in [-0.2, -0.15) is 0 Å². The maximum atomic E-state index is 9.01. The molecule has 0 aliphatic rings. The van der Waals surface area contributed by atoms with Gasteiger partial charge in [-0.1, -0.05) is 0 Å². The van der Waals surface area contributed by atoms with Gasteiger partial charge < -0.3 is 15.7 Å². The summed E-state index contributed by atoms with van der Waals surface area (Å²) in [5, 5.41) is 12.2. The molecule has 3 N–H and O–H groups in total. The van der Waals surface area contributed by atoms with Crippen LogP contribution >= 0.6 is 0 Å². The summed E-state index contributed by atoms with van der Waals surface area (Å²) >= 11 is 0. The molecule has 1 heterocycles. The molecule has 1 aromatic heterocycles. The van der Waals surface area contributed by atoms with Crippen molar-refractivity contribution in [2.24, 2.45) is 5.16 Å². The average Bonchev–Trinajstić information content (AvgIpc) is 2.07. The Hall–Kier alpha value is -1.78. The van der Waals surface area contributed by atoms with Gasteiger partial charge in [0.25, 0.3) is 0 Å². The normalized spacial score (nSPS) is 9.33. The number of nitrogens with zero attached hydrogens (tertiary/aromatic N) is 2. The van der Waals surface area contributed by atoms with Gasteiger partial charge in [-0.15, -0.1) is 5.16 Å². The Morgan fingerprint density at radius 1 is 1.67 bits per heavy atom. The van der Waals surface area contributed by atoms with Crippen LogP contribution in [0.2, 0.25) is 0 Å². The van der Waals surface area contributed by atoms with Crippen molar-refractivity contribution in [1.29, 1.82) is 0 Å². The smallest absolute Gasteiger partial charge is 0.166 e. The molecule has 0 fully saturated rings. The van der Waals surface area contributed by atoms with Gasteiger partial charge >= 0.3 is 0 Å². The molecule has 0 aliphatic heterocycles. The Kier molecular flexibility index (Phi) is 2.47. The number of aromatic hydroxyl groups is 1. The van der Waals surface area contributed by atoms with Crippen LogP contribution in [0.1, 0.15) is 5.69 Å². The van der Waals surface area contributed by atoms with Crippen molar-refractivity contribution in [2.45, 2.75) is 6.61 Å². The zero-order valence-electron chi connectivity index (χ0n) is 6.40. The molecule has 0 amide bonds. The van der Waals surface area contributed by atoms with E-state index < -0.39 is 0 Å². The van der Waals surface area contributed by atoms with Crippen molar-refractivity contribution in [2.75, 3.05) is 5.73 Å². The van der Waals surface area contributed by atoms with Gasteiger partial charge in [0.2, 0.25) is 0 Å². The van der Waals surface area contributed by atoms with E-state index in [1.165, 1.54) is 6.07 Å². The highest BCUT2D eigenvalue weighted by Gasteiger charge is 1.99. The standard InChI is InChI=1S/C7H9N3O2/c1-9-12-4-5-2-3-6(11)7(8)10-5/h2-3,11H,1,4H2,(H2,8,10). The summed E-state index contributed by atoms with van der Waals surface area (Å²) in [6.07, 6.45) is 0. The van der Waals surface area contributed by atoms with Crippen molar-refractivity contribution < 1.29 is 9.94 Å². The molecule has 1 aromatic rings. The lowest BCUT2D eigenvalue weighted by atomic mass is 10.3. The second kappa shape index (κ2) is 3.56. The summed E-state index contributed by atoms with van der Waals surface area (Å²) < 4.78 is 0. The largest absolute Gasteiger partial charge is 0.504 e. The molecule has 64 valence electrons. The van der Waals surface area contributed by atoms with Crippen LogP contribution in [0.3, 0.4) is 0 Å². The minimum Gasteiger partial charge on any atom is -0.504 e. The lowest BCUT2D eigenvalue weighted by Gasteiger charge is -2.01. The van der Waals surface area contributed by atoms with Crippen molar-refractivity contribution >= 4 is 12.5 Å². The van der Waals surface area contributed by atoms with E-state index in [4.69, 9.17) is 10.8 Å². The molecule has 0 saturated heterocycles. The second-order valence-corrected chi connectivity index (χ2v) is 2.11. The maximum absolute atomic E-state index is 9.01. The third kappa shape index (κ3) is 1.85. The molecule has 0 unspecified atom stereocenters. The molecule has 1 rings (SSSR count).